The first-order valence-electron chi connectivity index (χ1n) is 9.58. The van der Waals surface area contributed by atoms with Crippen molar-refractivity contribution in [2.45, 2.75) is 25.8 Å². The monoisotopic (exact) mass is 426 g/mol. The van der Waals surface area contributed by atoms with Gasteiger partial charge in [0.05, 0.1) is 7.11 Å². The second-order valence-electron chi connectivity index (χ2n) is 6.71. The summed E-state index contributed by atoms with van der Waals surface area (Å²) in [6.45, 7) is 0.180. The van der Waals surface area contributed by atoms with Crippen molar-refractivity contribution in [3.63, 3.8) is 0 Å². The van der Waals surface area contributed by atoms with Crippen LogP contribution in [0.5, 0.6) is 5.75 Å². The predicted octanol–water partition coefficient (Wildman–Crippen LogP) is 4.79. The fraction of sp³-hybridized carbons (Fsp3) is 0.217. The van der Waals surface area contributed by atoms with Crippen LogP contribution in [0.25, 0.3) is 0 Å². The summed E-state index contributed by atoms with van der Waals surface area (Å²) in [7, 11) is 1.40. The Balaban J connectivity index is 1.50. The Morgan fingerprint density at radius 1 is 1.10 bits per heavy atom. The molecule has 30 heavy (non-hydrogen) atoms. The molecule has 2 aromatic carbocycles. The van der Waals surface area contributed by atoms with Gasteiger partial charge in [-0.1, -0.05) is 18.2 Å². The second-order valence-corrected chi connectivity index (χ2v) is 7.75. The molecule has 0 saturated heterocycles. The molecule has 1 aromatic heterocycles. The van der Waals surface area contributed by atoms with Crippen molar-refractivity contribution >= 4 is 28.8 Å². The summed E-state index contributed by atoms with van der Waals surface area (Å²) in [4.78, 5) is 25.9. The molecule has 2 N–H and O–H groups in total. The zero-order chi connectivity index (χ0) is 21.3. The van der Waals surface area contributed by atoms with E-state index in [9.17, 15) is 14.0 Å². The third kappa shape index (κ3) is 6.15. The lowest BCUT2D eigenvalue weighted by molar-refractivity contribution is -0.116. The van der Waals surface area contributed by atoms with Gasteiger partial charge in [0.25, 0.3) is 5.91 Å². The van der Waals surface area contributed by atoms with E-state index in [2.05, 4.69) is 16.7 Å². The number of carbonyl (C=O) groups is 2. The number of amides is 2. The summed E-state index contributed by atoms with van der Waals surface area (Å²) >= 11 is 1.69. The number of nitrogens with one attached hydrogen (secondary N) is 2. The van der Waals surface area contributed by atoms with Crippen LogP contribution in [-0.4, -0.2) is 18.9 Å². The highest BCUT2D eigenvalue weighted by Crippen LogP contribution is 2.18. The zero-order valence-corrected chi connectivity index (χ0v) is 17.4. The molecule has 0 aliphatic carbocycles. The van der Waals surface area contributed by atoms with Gasteiger partial charge < -0.3 is 15.4 Å². The van der Waals surface area contributed by atoms with Gasteiger partial charge in [0.2, 0.25) is 5.91 Å². The first kappa shape index (κ1) is 21.5. The van der Waals surface area contributed by atoms with Crippen LogP contribution in [0.3, 0.4) is 0 Å². The van der Waals surface area contributed by atoms with Crippen molar-refractivity contribution in [1.29, 1.82) is 0 Å². The van der Waals surface area contributed by atoms with Gasteiger partial charge in [0, 0.05) is 29.1 Å². The fourth-order valence-corrected chi connectivity index (χ4v) is 3.70. The van der Waals surface area contributed by atoms with Crippen molar-refractivity contribution in [2.24, 2.45) is 0 Å². The van der Waals surface area contributed by atoms with Gasteiger partial charge in [0.15, 0.2) is 11.6 Å². The lowest BCUT2D eigenvalue weighted by Gasteiger charge is -2.09. The molecule has 0 saturated carbocycles. The molecule has 0 aliphatic heterocycles. The van der Waals surface area contributed by atoms with E-state index >= 15 is 0 Å². The molecule has 1 heterocycles. The van der Waals surface area contributed by atoms with E-state index in [-0.39, 0.29) is 24.1 Å². The Hall–Kier alpha value is -3.19. The van der Waals surface area contributed by atoms with E-state index in [4.69, 9.17) is 4.74 Å². The third-order valence-electron chi connectivity index (χ3n) is 4.48. The minimum absolute atomic E-state index is 0.0853. The van der Waals surface area contributed by atoms with Crippen LogP contribution < -0.4 is 15.4 Å². The number of aryl methyl sites for hydroxylation is 1. The van der Waals surface area contributed by atoms with Crippen LogP contribution in [0.2, 0.25) is 0 Å². The Bertz CT molecular complexity index is 1010. The maximum absolute atomic E-state index is 13.8. The minimum Gasteiger partial charge on any atom is -0.494 e. The largest absolute Gasteiger partial charge is 0.494 e. The summed E-state index contributed by atoms with van der Waals surface area (Å²) in [5.74, 6) is -0.713. The number of hydrogen-bond acceptors (Lipinski definition) is 4. The number of rotatable bonds is 9. The zero-order valence-electron chi connectivity index (χ0n) is 16.6. The first-order chi connectivity index (χ1) is 14.5. The number of carbonyl (C=O) groups excluding carboxylic acids is 2. The number of halogens is 1. The molecule has 5 nitrogen and oxygen atoms in total. The molecule has 3 aromatic rings. The molecule has 2 amide bonds. The van der Waals surface area contributed by atoms with Gasteiger partial charge in [-0.3, -0.25) is 9.59 Å². The number of benzene rings is 2. The molecule has 7 heteroatoms. The number of ether oxygens (including phenoxy) is 1. The minimum atomic E-state index is -0.479. The normalized spacial score (nSPS) is 10.5. The van der Waals surface area contributed by atoms with Crippen molar-refractivity contribution in [1.82, 2.24) is 5.32 Å². The Labute approximate surface area is 178 Å². The number of anilines is 1. The van der Waals surface area contributed by atoms with Crippen molar-refractivity contribution in [3.8, 4) is 5.75 Å². The second kappa shape index (κ2) is 10.5. The van der Waals surface area contributed by atoms with Crippen LogP contribution in [0.15, 0.2) is 60.0 Å². The summed E-state index contributed by atoms with van der Waals surface area (Å²) in [6, 6.07) is 15.3. The number of thiophene rings is 1. The molecule has 0 spiro atoms. The standard InChI is InChI=1S/C23H23FN2O3S/c1-29-21-11-10-16(13-20(21)24)15-25-23(28)17-5-2-6-18(14-17)26-22(27)9-3-7-19-8-4-12-30-19/h2,4-6,8,10-14H,3,7,9,15H2,1H3,(H,25,28)(H,26,27). The van der Waals surface area contributed by atoms with E-state index < -0.39 is 5.82 Å². The van der Waals surface area contributed by atoms with Gasteiger partial charge in [-0.25, -0.2) is 4.39 Å². The molecule has 0 unspecified atom stereocenters. The van der Waals surface area contributed by atoms with E-state index in [0.717, 1.165) is 12.8 Å². The van der Waals surface area contributed by atoms with E-state index in [1.54, 1.807) is 41.7 Å². The summed E-state index contributed by atoms with van der Waals surface area (Å²) in [5.41, 5.74) is 1.61. The van der Waals surface area contributed by atoms with Gasteiger partial charge in [0.1, 0.15) is 0 Å². The topological polar surface area (TPSA) is 67.4 Å². The average Bonchev–Trinajstić information content (AvgIpc) is 3.26. The lowest BCUT2D eigenvalue weighted by Crippen LogP contribution is -2.23. The Morgan fingerprint density at radius 2 is 1.97 bits per heavy atom. The van der Waals surface area contributed by atoms with E-state index in [1.807, 2.05) is 11.4 Å². The van der Waals surface area contributed by atoms with E-state index in [0.29, 0.717) is 23.2 Å². The maximum atomic E-state index is 13.8. The summed E-state index contributed by atoms with van der Waals surface area (Å²) in [5, 5.41) is 7.61. The highest BCUT2D eigenvalue weighted by Gasteiger charge is 2.09. The predicted molar refractivity (Wildman–Crippen MR) is 116 cm³/mol. The van der Waals surface area contributed by atoms with Crippen molar-refractivity contribution < 1.29 is 18.7 Å². The molecule has 0 fully saturated rings. The first-order valence-corrected chi connectivity index (χ1v) is 10.5. The van der Waals surface area contributed by atoms with Gasteiger partial charge in [-0.05, 0) is 60.2 Å². The van der Waals surface area contributed by atoms with Gasteiger partial charge in [-0.15, -0.1) is 11.3 Å². The molecule has 0 radical (unpaired) electrons. The maximum Gasteiger partial charge on any atom is 0.251 e. The SMILES string of the molecule is COc1ccc(CNC(=O)c2cccc(NC(=O)CCCc3cccs3)c2)cc1F. The van der Waals surface area contributed by atoms with Gasteiger partial charge >= 0.3 is 0 Å². The molecule has 0 atom stereocenters. The smallest absolute Gasteiger partial charge is 0.251 e. The molecule has 3 rings (SSSR count). The van der Waals surface area contributed by atoms with Crippen LogP contribution in [0.1, 0.15) is 33.6 Å². The summed E-state index contributed by atoms with van der Waals surface area (Å²) < 4.78 is 18.6. The van der Waals surface area contributed by atoms with Crippen LogP contribution >= 0.6 is 11.3 Å². The van der Waals surface area contributed by atoms with Crippen molar-refractivity contribution in [2.75, 3.05) is 12.4 Å². The highest BCUT2D eigenvalue weighted by molar-refractivity contribution is 7.09. The van der Waals surface area contributed by atoms with Crippen molar-refractivity contribution in [3.05, 3.63) is 81.8 Å². The molecule has 156 valence electrons. The Kier molecular flexibility index (Phi) is 7.57. The van der Waals surface area contributed by atoms with Crippen LogP contribution in [0.4, 0.5) is 10.1 Å². The van der Waals surface area contributed by atoms with Crippen LogP contribution in [-0.2, 0) is 17.8 Å². The average molecular weight is 427 g/mol. The molecule has 0 aliphatic rings. The molecular weight excluding hydrogens is 403 g/mol. The highest BCUT2D eigenvalue weighted by atomic mass is 32.1. The van der Waals surface area contributed by atoms with E-state index in [1.165, 1.54) is 24.1 Å². The fourth-order valence-electron chi connectivity index (χ4n) is 2.94. The number of methoxy groups -OCH3 is 1. The molecular formula is C23H23FN2O3S. The van der Waals surface area contributed by atoms with Gasteiger partial charge in [-0.2, -0.15) is 0 Å². The quantitative estimate of drug-likeness (QED) is 0.517. The van der Waals surface area contributed by atoms with Crippen LogP contribution in [0, 0.1) is 5.82 Å². The number of hydrogen-bond donors (Lipinski definition) is 2. The Morgan fingerprint density at radius 3 is 2.70 bits per heavy atom. The third-order valence-corrected chi connectivity index (χ3v) is 5.42. The lowest BCUT2D eigenvalue weighted by atomic mass is 10.1. The molecule has 0 bridgehead atoms. The summed E-state index contributed by atoms with van der Waals surface area (Å²) in [6.07, 6.45) is 2.06.